The smallest absolute Gasteiger partial charge is 0.161 e. The van der Waals surface area contributed by atoms with Crippen LogP contribution in [0.15, 0.2) is 36.4 Å². The summed E-state index contributed by atoms with van der Waals surface area (Å²) >= 11 is 0. The molecule has 2 saturated carbocycles. The number of hydrogen-bond donors (Lipinski definition) is 2. The van der Waals surface area contributed by atoms with Gasteiger partial charge in [0.1, 0.15) is 0 Å². The number of methoxy groups -OCH3 is 2. The summed E-state index contributed by atoms with van der Waals surface area (Å²) in [5, 5.41) is 18.2. The van der Waals surface area contributed by atoms with Gasteiger partial charge in [-0.25, -0.2) is 0 Å². The highest BCUT2D eigenvalue weighted by Crippen LogP contribution is 2.35. The first kappa shape index (κ1) is 29.1. The molecule has 38 heavy (non-hydrogen) atoms. The van der Waals surface area contributed by atoms with Crippen LogP contribution in [0.25, 0.3) is 0 Å². The van der Waals surface area contributed by atoms with E-state index >= 15 is 0 Å². The summed E-state index contributed by atoms with van der Waals surface area (Å²) in [7, 11) is 3.25. The molecule has 2 aliphatic carbocycles. The van der Waals surface area contributed by atoms with Gasteiger partial charge in [0, 0.05) is 13.1 Å². The van der Waals surface area contributed by atoms with Crippen LogP contribution < -0.4 is 30.4 Å². The van der Waals surface area contributed by atoms with E-state index in [0.29, 0.717) is 24.6 Å². The van der Waals surface area contributed by atoms with E-state index in [2.05, 4.69) is 12.1 Å². The van der Waals surface area contributed by atoms with Gasteiger partial charge >= 0.3 is 0 Å². The molecule has 0 bridgehead atoms. The maximum atomic E-state index is 9.08. The van der Waals surface area contributed by atoms with Gasteiger partial charge in [-0.2, -0.15) is 10.5 Å². The summed E-state index contributed by atoms with van der Waals surface area (Å²) < 4.78 is 22.6. The van der Waals surface area contributed by atoms with Gasteiger partial charge < -0.3 is 30.4 Å². The van der Waals surface area contributed by atoms with Gasteiger partial charge in [-0.1, -0.05) is 12.1 Å². The molecule has 2 unspecified atom stereocenters. The fraction of sp³-hybridized carbons (Fsp3) is 0.533. The zero-order valence-electron chi connectivity index (χ0n) is 22.5. The number of benzene rings is 2. The lowest BCUT2D eigenvalue weighted by atomic mass is 10.0. The van der Waals surface area contributed by atoms with Crippen molar-refractivity contribution in [1.29, 1.82) is 10.5 Å². The minimum Gasteiger partial charge on any atom is -0.493 e. The Morgan fingerprint density at radius 2 is 1.05 bits per heavy atom. The highest BCUT2D eigenvalue weighted by atomic mass is 16.5. The third-order valence-corrected chi connectivity index (χ3v) is 7.15. The molecule has 0 radical (unpaired) electrons. The summed E-state index contributed by atoms with van der Waals surface area (Å²) in [4.78, 5) is 0. The first-order valence-corrected chi connectivity index (χ1v) is 13.4. The van der Waals surface area contributed by atoms with Crippen LogP contribution >= 0.6 is 0 Å². The Morgan fingerprint density at radius 3 is 1.34 bits per heavy atom. The zero-order chi connectivity index (χ0) is 27.3. The van der Waals surface area contributed by atoms with E-state index in [9.17, 15) is 0 Å². The Balaban J connectivity index is 0.000000211. The van der Waals surface area contributed by atoms with E-state index < -0.39 is 0 Å². The molecule has 0 aromatic heterocycles. The third-order valence-electron chi connectivity index (χ3n) is 7.15. The molecule has 0 heterocycles. The Labute approximate surface area is 226 Å². The number of nitrogens with two attached hydrogens (primary N) is 2. The van der Waals surface area contributed by atoms with Crippen molar-refractivity contribution in [2.75, 3.05) is 27.3 Å². The van der Waals surface area contributed by atoms with Crippen molar-refractivity contribution in [3.8, 4) is 35.1 Å². The molecule has 0 amide bonds. The number of rotatable bonds is 10. The van der Waals surface area contributed by atoms with Crippen molar-refractivity contribution in [2.24, 2.45) is 11.5 Å². The van der Waals surface area contributed by atoms with E-state index in [1.807, 2.05) is 36.4 Å². The number of nitriles is 2. The molecule has 0 aliphatic heterocycles. The first-order chi connectivity index (χ1) is 18.6. The molecular formula is C30H40N4O4. The summed E-state index contributed by atoms with van der Waals surface area (Å²) in [6.07, 6.45) is 9.76. The molecule has 2 aliphatic rings. The second-order valence-electron chi connectivity index (χ2n) is 9.70. The SMILES string of the molecule is COc1ccc(C(C#N)CN)cc1OC1CCCC1.COc1ccc(C(C#N)CN)cc1OC1CCCC1. The second kappa shape index (κ2) is 15.1. The van der Waals surface area contributed by atoms with Crippen molar-refractivity contribution in [2.45, 2.75) is 75.4 Å². The summed E-state index contributed by atoms with van der Waals surface area (Å²) in [5.74, 6) is 2.28. The maximum Gasteiger partial charge on any atom is 0.161 e. The van der Waals surface area contributed by atoms with Gasteiger partial charge in [0.15, 0.2) is 23.0 Å². The van der Waals surface area contributed by atoms with E-state index in [-0.39, 0.29) is 24.0 Å². The zero-order valence-corrected chi connectivity index (χ0v) is 22.5. The molecule has 2 atom stereocenters. The van der Waals surface area contributed by atoms with Crippen LogP contribution in [-0.2, 0) is 0 Å². The quantitative estimate of drug-likeness (QED) is 0.438. The van der Waals surface area contributed by atoms with E-state index in [1.54, 1.807) is 14.2 Å². The highest BCUT2D eigenvalue weighted by Gasteiger charge is 2.21. The lowest BCUT2D eigenvalue weighted by molar-refractivity contribution is 0.200. The van der Waals surface area contributed by atoms with Crippen molar-refractivity contribution >= 4 is 0 Å². The van der Waals surface area contributed by atoms with Crippen molar-refractivity contribution in [3.05, 3.63) is 47.5 Å². The fourth-order valence-corrected chi connectivity index (χ4v) is 4.90. The molecule has 0 saturated heterocycles. The Kier molecular flexibility index (Phi) is 11.5. The lowest BCUT2D eigenvalue weighted by Crippen LogP contribution is -2.13. The monoisotopic (exact) mass is 520 g/mol. The van der Waals surface area contributed by atoms with Crippen LogP contribution in [0, 0.1) is 22.7 Å². The highest BCUT2D eigenvalue weighted by molar-refractivity contribution is 5.46. The largest absolute Gasteiger partial charge is 0.493 e. The Hall–Kier alpha value is -3.46. The van der Waals surface area contributed by atoms with Gasteiger partial charge in [0.05, 0.1) is 50.4 Å². The molecule has 0 spiro atoms. The maximum absolute atomic E-state index is 9.08. The molecule has 4 rings (SSSR count). The van der Waals surface area contributed by atoms with Crippen LogP contribution in [0.3, 0.4) is 0 Å². The molecule has 8 nitrogen and oxygen atoms in total. The van der Waals surface area contributed by atoms with Gasteiger partial charge in [-0.3, -0.25) is 0 Å². The van der Waals surface area contributed by atoms with E-state index in [1.165, 1.54) is 25.7 Å². The van der Waals surface area contributed by atoms with Crippen LogP contribution in [0.1, 0.15) is 74.3 Å². The van der Waals surface area contributed by atoms with Crippen molar-refractivity contribution in [3.63, 3.8) is 0 Å². The average molecular weight is 521 g/mol. The molecule has 2 fully saturated rings. The van der Waals surface area contributed by atoms with Crippen LogP contribution in [-0.4, -0.2) is 39.5 Å². The fourth-order valence-electron chi connectivity index (χ4n) is 4.90. The van der Waals surface area contributed by atoms with Crippen molar-refractivity contribution < 1.29 is 18.9 Å². The van der Waals surface area contributed by atoms with E-state index in [4.69, 9.17) is 40.9 Å². The lowest BCUT2D eigenvalue weighted by Gasteiger charge is -2.17. The number of ether oxygens (including phenoxy) is 4. The van der Waals surface area contributed by atoms with E-state index in [0.717, 1.165) is 48.3 Å². The van der Waals surface area contributed by atoms with Gasteiger partial charge in [0.25, 0.3) is 0 Å². The predicted octanol–water partition coefficient (Wildman–Crippen LogP) is 5.16. The first-order valence-electron chi connectivity index (χ1n) is 13.4. The normalized spacial score (nSPS) is 16.9. The van der Waals surface area contributed by atoms with Crippen LogP contribution in [0.5, 0.6) is 23.0 Å². The second-order valence-corrected chi connectivity index (χ2v) is 9.70. The van der Waals surface area contributed by atoms with Crippen LogP contribution in [0.4, 0.5) is 0 Å². The Bertz CT molecular complexity index is 1010. The minimum atomic E-state index is -0.295. The molecule has 4 N–H and O–H groups in total. The molecular weight excluding hydrogens is 480 g/mol. The summed E-state index contributed by atoms with van der Waals surface area (Å²) in [6, 6.07) is 15.6. The molecule has 8 heteroatoms. The molecule has 2 aromatic carbocycles. The van der Waals surface area contributed by atoms with Gasteiger partial charge in [0.2, 0.25) is 0 Å². The molecule has 2 aromatic rings. The number of nitrogens with zero attached hydrogens (tertiary/aromatic N) is 2. The predicted molar refractivity (Wildman–Crippen MR) is 147 cm³/mol. The number of hydrogen-bond acceptors (Lipinski definition) is 8. The molecule has 204 valence electrons. The van der Waals surface area contributed by atoms with Gasteiger partial charge in [-0.05, 0) is 86.8 Å². The van der Waals surface area contributed by atoms with Crippen molar-refractivity contribution in [1.82, 2.24) is 0 Å². The van der Waals surface area contributed by atoms with Crippen LogP contribution in [0.2, 0.25) is 0 Å². The average Bonchev–Trinajstić information content (AvgIpc) is 3.66. The summed E-state index contributed by atoms with van der Waals surface area (Å²) in [6.45, 7) is 0.622. The third kappa shape index (κ3) is 7.77. The minimum absolute atomic E-state index is 0.266. The van der Waals surface area contributed by atoms with Gasteiger partial charge in [-0.15, -0.1) is 0 Å². The Morgan fingerprint density at radius 1 is 0.684 bits per heavy atom. The summed E-state index contributed by atoms with van der Waals surface area (Å²) in [5.41, 5.74) is 13.0. The standard InChI is InChI=1S/2C15H20N2O2/c2*1-18-14-7-6-11(12(9-16)10-17)8-15(14)19-13-4-2-3-5-13/h2*6-8,12-13H,2-5,9,16H2,1H3. The topological polar surface area (TPSA) is 137 Å².